The van der Waals surface area contributed by atoms with E-state index in [9.17, 15) is 19.2 Å². The van der Waals surface area contributed by atoms with Gasteiger partial charge in [0, 0.05) is 20.9 Å². The molecule has 2 N–H and O–H groups in total. The van der Waals surface area contributed by atoms with Crippen LogP contribution in [0.3, 0.4) is 0 Å². The molecule has 2 heterocycles. The topological polar surface area (TPSA) is 111 Å². The van der Waals surface area contributed by atoms with Gasteiger partial charge in [-0.3, -0.25) is 9.59 Å². The van der Waals surface area contributed by atoms with Crippen molar-refractivity contribution in [2.75, 3.05) is 24.9 Å². The molecular formula is C24H24N2O6S2. The number of rotatable bonds is 6. The minimum absolute atomic E-state index is 0.314. The lowest BCUT2D eigenvalue weighted by Crippen LogP contribution is -2.16. The van der Waals surface area contributed by atoms with Gasteiger partial charge in [0.2, 0.25) is 0 Å². The summed E-state index contributed by atoms with van der Waals surface area (Å²) in [6.07, 6.45) is 0. The highest BCUT2D eigenvalue weighted by Gasteiger charge is 2.23. The highest BCUT2D eigenvalue weighted by atomic mass is 32.1. The van der Waals surface area contributed by atoms with Crippen LogP contribution in [0.25, 0.3) is 0 Å². The highest BCUT2D eigenvalue weighted by Crippen LogP contribution is 2.34. The summed E-state index contributed by atoms with van der Waals surface area (Å²) in [4.78, 5) is 51.6. The molecule has 1 aromatic carbocycles. The Morgan fingerprint density at radius 3 is 1.26 bits per heavy atom. The molecule has 0 bridgehead atoms. The monoisotopic (exact) mass is 500 g/mol. The van der Waals surface area contributed by atoms with Crippen LogP contribution in [0.2, 0.25) is 0 Å². The number of benzene rings is 1. The summed E-state index contributed by atoms with van der Waals surface area (Å²) in [7, 11) is 2.58. The van der Waals surface area contributed by atoms with Crippen molar-refractivity contribution in [2.24, 2.45) is 0 Å². The van der Waals surface area contributed by atoms with Gasteiger partial charge in [-0.2, -0.15) is 0 Å². The van der Waals surface area contributed by atoms with Crippen molar-refractivity contribution in [3.8, 4) is 0 Å². The van der Waals surface area contributed by atoms with Crippen LogP contribution in [-0.2, 0) is 9.47 Å². The number of anilines is 2. The molecule has 178 valence electrons. The number of hydrogen-bond acceptors (Lipinski definition) is 8. The molecule has 0 unspecified atom stereocenters. The molecule has 0 aliphatic carbocycles. The number of thiophene rings is 2. The first-order chi connectivity index (χ1) is 16.1. The highest BCUT2D eigenvalue weighted by molar-refractivity contribution is 7.17. The molecule has 0 radical (unpaired) electrons. The van der Waals surface area contributed by atoms with Gasteiger partial charge < -0.3 is 20.1 Å². The van der Waals surface area contributed by atoms with Crippen molar-refractivity contribution in [1.29, 1.82) is 0 Å². The number of ether oxygens (including phenoxy) is 2. The molecule has 0 spiro atoms. The van der Waals surface area contributed by atoms with E-state index in [0.717, 1.165) is 20.9 Å². The van der Waals surface area contributed by atoms with Crippen molar-refractivity contribution >= 4 is 56.4 Å². The summed E-state index contributed by atoms with van der Waals surface area (Å²) in [5, 5.41) is 6.33. The van der Waals surface area contributed by atoms with E-state index in [1.807, 2.05) is 13.8 Å². The second-order valence-electron chi connectivity index (χ2n) is 7.44. The number of amides is 2. The fraction of sp³-hybridized carbons (Fsp3) is 0.250. The van der Waals surface area contributed by atoms with Gasteiger partial charge in [-0.1, -0.05) is 0 Å². The molecule has 3 rings (SSSR count). The third kappa shape index (κ3) is 4.87. The van der Waals surface area contributed by atoms with E-state index in [0.29, 0.717) is 32.3 Å². The van der Waals surface area contributed by atoms with Crippen LogP contribution in [0.1, 0.15) is 62.3 Å². The van der Waals surface area contributed by atoms with E-state index >= 15 is 0 Å². The molecule has 0 aliphatic heterocycles. The van der Waals surface area contributed by atoms with Crippen LogP contribution in [0.15, 0.2) is 24.3 Å². The van der Waals surface area contributed by atoms with Crippen molar-refractivity contribution in [3.63, 3.8) is 0 Å². The Bertz CT molecular complexity index is 1190. The molecule has 2 aromatic heterocycles. The summed E-state index contributed by atoms with van der Waals surface area (Å²) in [6.45, 7) is 7.31. The molecule has 2 amide bonds. The van der Waals surface area contributed by atoms with Crippen LogP contribution >= 0.6 is 22.7 Å². The third-order valence-electron chi connectivity index (χ3n) is 5.41. The second-order valence-corrected chi connectivity index (χ2v) is 9.89. The van der Waals surface area contributed by atoms with Gasteiger partial charge >= 0.3 is 11.9 Å². The van der Waals surface area contributed by atoms with Crippen LogP contribution in [0, 0.1) is 27.7 Å². The molecule has 3 aromatic rings. The van der Waals surface area contributed by atoms with Gasteiger partial charge in [-0.25, -0.2) is 9.59 Å². The summed E-state index contributed by atoms with van der Waals surface area (Å²) in [6, 6.07) is 6.06. The summed E-state index contributed by atoms with van der Waals surface area (Å²) in [5.74, 6) is -1.88. The maximum Gasteiger partial charge on any atom is 0.341 e. The molecule has 10 heteroatoms. The van der Waals surface area contributed by atoms with Crippen LogP contribution < -0.4 is 10.6 Å². The minimum atomic E-state index is -0.519. The Hall–Kier alpha value is -3.50. The number of nitrogens with one attached hydrogen (secondary N) is 2. The Morgan fingerprint density at radius 1 is 0.647 bits per heavy atom. The SMILES string of the molecule is COC(=O)c1c(NC(=O)c2ccc(C(=O)Nc3sc(C)c(C)c3C(=O)OC)cc2)sc(C)c1C. The predicted molar refractivity (Wildman–Crippen MR) is 133 cm³/mol. The van der Waals surface area contributed by atoms with E-state index in [4.69, 9.17) is 9.47 Å². The van der Waals surface area contributed by atoms with Gasteiger partial charge in [0.15, 0.2) is 0 Å². The number of carbonyl (C=O) groups excluding carboxylic acids is 4. The Morgan fingerprint density at radius 2 is 0.971 bits per heavy atom. The van der Waals surface area contributed by atoms with Gasteiger partial charge in [0.05, 0.1) is 25.3 Å². The largest absolute Gasteiger partial charge is 0.465 e. The zero-order valence-electron chi connectivity index (χ0n) is 19.6. The second kappa shape index (κ2) is 10.2. The van der Waals surface area contributed by atoms with Crippen molar-refractivity contribution < 1.29 is 28.7 Å². The predicted octanol–water partition coefficient (Wildman–Crippen LogP) is 5.12. The maximum atomic E-state index is 12.8. The van der Waals surface area contributed by atoms with Crippen LogP contribution in [-0.4, -0.2) is 38.0 Å². The Balaban J connectivity index is 1.77. The fourth-order valence-corrected chi connectivity index (χ4v) is 5.34. The minimum Gasteiger partial charge on any atom is -0.465 e. The van der Waals surface area contributed by atoms with Gasteiger partial charge in [-0.05, 0) is 63.1 Å². The zero-order valence-corrected chi connectivity index (χ0v) is 21.2. The summed E-state index contributed by atoms with van der Waals surface area (Å²) in [5.41, 5.74) is 2.80. The van der Waals surface area contributed by atoms with Gasteiger partial charge in [0.25, 0.3) is 11.8 Å². The molecule has 0 saturated heterocycles. The number of esters is 2. The van der Waals surface area contributed by atoms with E-state index in [1.54, 1.807) is 13.8 Å². The van der Waals surface area contributed by atoms with E-state index < -0.39 is 23.8 Å². The Labute approximate surface area is 204 Å². The number of hydrogen-bond donors (Lipinski definition) is 2. The first kappa shape index (κ1) is 25.1. The third-order valence-corrected chi connectivity index (χ3v) is 7.66. The van der Waals surface area contributed by atoms with Crippen molar-refractivity contribution in [2.45, 2.75) is 27.7 Å². The lowest BCUT2D eigenvalue weighted by atomic mass is 10.1. The quantitative estimate of drug-likeness (QED) is 0.455. The van der Waals surface area contributed by atoms with Crippen molar-refractivity contribution in [3.05, 3.63) is 67.4 Å². The zero-order chi connectivity index (χ0) is 25.2. The molecule has 8 nitrogen and oxygen atoms in total. The van der Waals surface area contributed by atoms with Gasteiger partial charge in [0.1, 0.15) is 10.0 Å². The van der Waals surface area contributed by atoms with Crippen LogP contribution in [0.4, 0.5) is 10.0 Å². The lowest BCUT2D eigenvalue weighted by molar-refractivity contribution is 0.0592. The number of methoxy groups -OCH3 is 2. The average Bonchev–Trinajstić information content (AvgIpc) is 3.26. The molecule has 0 atom stereocenters. The van der Waals surface area contributed by atoms with Crippen molar-refractivity contribution in [1.82, 2.24) is 0 Å². The molecule has 34 heavy (non-hydrogen) atoms. The smallest absolute Gasteiger partial charge is 0.341 e. The van der Waals surface area contributed by atoms with E-state index in [-0.39, 0.29) is 0 Å². The normalized spacial score (nSPS) is 10.5. The van der Waals surface area contributed by atoms with E-state index in [1.165, 1.54) is 61.2 Å². The molecule has 0 aliphatic rings. The molecule has 0 fully saturated rings. The first-order valence-corrected chi connectivity index (χ1v) is 11.8. The van der Waals surface area contributed by atoms with Crippen LogP contribution in [0.5, 0.6) is 0 Å². The first-order valence-electron chi connectivity index (χ1n) is 10.2. The fourth-order valence-electron chi connectivity index (χ4n) is 3.25. The van der Waals surface area contributed by atoms with Gasteiger partial charge in [-0.15, -0.1) is 22.7 Å². The number of aryl methyl sites for hydroxylation is 2. The summed E-state index contributed by atoms with van der Waals surface area (Å²) >= 11 is 2.58. The maximum absolute atomic E-state index is 12.8. The summed E-state index contributed by atoms with van der Waals surface area (Å²) < 4.78 is 9.66. The van der Waals surface area contributed by atoms with E-state index in [2.05, 4.69) is 10.6 Å². The molecule has 0 saturated carbocycles. The lowest BCUT2D eigenvalue weighted by Gasteiger charge is -2.08. The standard InChI is InChI=1S/C24H24N2O6S2/c1-11-13(3)33-21(17(11)23(29)31-5)25-19(27)15-7-9-16(10-8-15)20(28)26-22-18(24(30)32-6)12(2)14(4)34-22/h7-10H,1-6H3,(H,25,27)(H,26,28). The molecular weight excluding hydrogens is 476 g/mol. The number of carbonyl (C=O) groups is 4. The Kier molecular flexibility index (Phi) is 7.53. The average molecular weight is 501 g/mol.